The molecule has 18 heavy (non-hydrogen) atoms. The second-order valence-corrected chi connectivity index (χ2v) is 4.17. The molecule has 0 radical (unpaired) electrons. The number of hydrogen-bond acceptors (Lipinski definition) is 4. The van der Waals surface area contributed by atoms with Crippen LogP contribution in [0.3, 0.4) is 0 Å². The fourth-order valence-corrected chi connectivity index (χ4v) is 1.86. The van der Waals surface area contributed by atoms with Gasteiger partial charge in [0.1, 0.15) is 5.69 Å². The summed E-state index contributed by atoms with van der Waals surface area (Å²) in [5, 5.41) is 2.82. The molecule has 1 aliphatic heterocycles. The van der Waals surface area contributed by atoms with Gasteiger partial charge in [-0.15, -0.1) is 0 Å². The third-order valence-electron chi connectivity index (χ3n) is 2.90. The van der Waals surface area contributed by atoms with Crippen molar-refractivity contribution in [3.05, 3.63) is 23.5 Å². The fraction of sp³-hybridized carbons (Fsp3) is 0.500. The monoisotopic (exact) mass is 251 g/mol. The Hall–Kier alpha value is -1.66. The van der Waals surface area contributed by atoms with E-state index in [1.54, 1.807) is 0 Å². The first-order chi connectivity index (χ1) is 8.79. The van der Waals surface area contributed by atoms with Gasteiger partial charge in [0.15, 0.2) is 6.29 Å². The smallest absolute Gasteiger partial charge is 0.267 e. The predicted molar refractivity (Wildman–Crippen MR) is 65.8 cm³/mol. The molecule has 1 amide bonds. The number of carbonyl (C=O) groups is 2. The standard InChI is InChI=1S/C12H17N3O3/c16-9-10-7-11(14-8-10)12(17)13-1-2-15-3-5-18-6-4-15/h7-9,14H,1-6H2,(H,13,17). The summed E-state index contributed by atoms with van der Waals surface area (Å²) in [5.41, 5.74) is 0.896. The van der Waals surface area contributed by atoms with Gasteiger partial charge in [0.25, 0.3) is 5.91 Å². The van der Waals surface area contributed by atoms with Crippen LogP contribution in [0.5, 0.6) is 0 Å². The molecule has 6 nitrogen and oxygen atoms in total. The number of aldehydes is 1. The lowest BCUT2D eigenvalue weighted by Gasteiger charge is -2.26. The fourth-order valence-electron chi connectivity index (χ4n) is 1.86. The van der Waals surface area contributed by atoms with Gasteiger partial charge in [-0.25, -0.2) is 0 Å². The topological polar surface area (TPSA) is 74.4 Å². The van der Waals surface area contributed by atoms with Crippen LogP contribution >= 0.6 is 0 Å². The van der Waals surface area contributed by atoms with Crippen LogP contribution in [-0.4, -0.2) is 61.5 Å². The Labute approximate surface area is 105 Å². The number of rotatable bonds is 5. The number of carbonyl (C=O) groups excluding carboxylic acids is 2. The van der Waals surface area contributed by atoms with Crippen molar-refractivity contribution in [1.29, 1.82) is 0 Å². The molecule has 0 spiro atoms. The zero-order valence-corrected chi connectivity index (χ0v) is 10.1. The van der Waals surface area contributed by atoms with E-state index in [-0.39, 0.29) is 5.91 Å². The number of ether oxygens (including phenoxy) is 1. The van der Waals surface area contributed by atoms with Crippen molar-refractivity contribution in [2.75, 3.05) is 39.4 Å². The number of nitrogens with zero attached hydrogens (tertiary/aromatic N) is 1. The van der Waals surface area contributed by atoms with Gasteiger partial charge in [-0.05, 0) is 6.07 Å². The van der Waals surface area contributed by atoms with E-state index < -0.39 is 0 Å². The van der Waals surface area contributed by atoms with Gasteiger partial charge in [-0.3, -0.25) is 14.5 Å². The molecule has 2 heterocycles. The number of nitrogens with one attached hydrogen (secondary N) is 2. The van der Waals surface area contributed by atoms with Crippen LogP contribution in [0.4, 0.5) is 0 Å². The van der Waals surface area contributed by atoms with Gasteiger partial charge < -0.3 is 15.0 Å². The van der Waals surface area contributed by atoms with E-state index in [4.69, 9.17) is 4.74 Å². The minimum Gasteiger partial charge on any atom is -0.379 e. The number of H-pyrrole nitrogens is 1. The molecular formula is C12H17N3O3. The molecule has 2 N–H and O–H groups in total. The van der Waals surface area contributed by atoms with Crippen molar-refractivity contribution in [2.24, 2.45) is 0 Å². The van der Waals surface area contributed by atoms with Crippen LogP contribution in [0.15, 0.2) is 12.3 Å². The Kier molecular flexibility index (Phi) is 4.49. The van der Waals surface area contributed by atoms with Crippen molar-refractivity contribution in [2.45, 2.75) is 0 Å². The minimum atomic E-state index is -0.184. The SMILES string of the molecule is O=Cc1c[nH]c(C(=O)NCCN2CCOCC2)c1. The van der Waals surface area contributed by atoms with Crippen LogP contribution in [0, 0.1) is 0 Å². The maximum Gasteiger partial charge on any atom is 0.267 e. The van der Waals surface area contributed by atoms with E-state index in [9.17, 15) is 9.59 Å². The average molecular weight is 251 g/mol. The number of morpholine rings is 1. The van der Waals surface area contributed by atoms with Gasteiger partial charge >= 0.3 is 0 Å². The Bertz CT molecular complexity index is 410. The average Bonchev–Trinajstić information content (AvgIpc) is 2.89. The Morgan fingerprint density at radius 1 is 1.50 bits per heavy atom. The minimum absolute atomic E-state index is 0.184. The molecule has 0 bridgehead atoms. The lowest BCUT2D eigenvalue weighted by molar-refractivity contribution is 0.0383. The van der Waals surface area contributed by atoms with Crippen molar-refractivity contribution < 1.29 is 14.3 Å². The maximum atomic E-state index is 11.7. The van der Waals surface area contributed by atoms with E-state index in [0.29, 0.717) is 24.1 Å². The van der Waals surface area contributed by atoms with Gasteiger partial charge in [0, 0.05) is 37.9 Å². The highest BCUT2D eigenvalue weighted by Gasteiger charge is 2.11. The first-order valence-electron chi connectivity index (χ1n) is 6.01. The molecule has 1 aliphatic rings. The first kappa shape index (κ1) is 12.8. The van der Waals surface area contributed by atoms with Crippen LogP contribution in [0.2, 0.25) is 0 Å². The van der Waals surface area contributed by atoms with Gasteiger partial charge in [0.05, 0.1) is 13.2 Å². The molecular weight excluding hydrogens is 234 g/mol. The van der Waals surface area contributed by atoms with Crippen LogP contribution in [0.1, 0.15) is 20.8 Å². The van der Waals surface area contributed by atoms with Crippen molar-refractivity contribution in [1.82, 2.24) is 15.2 Å². The van der Waals surface area contributed by atoms with E-state index in [0.717, 1.165) is 32.8 Å². The second kappa shape index (κ2) is 6.32. The van der Waals surface area contributed by atoms with Gasteiger partial charge in [-0.1, -0.05) is 0 Å². The number of hydrogen-bond donors (Lipinski definition) is 2. The van der Waals surface area contributed by atoms with Gasteiger partial charge in [0.2, 0.25) is 0 Å². The molecule has 0 atom stereocenters. The molecule has 98 valence electrons. The van der Waals surface area contributed by atoms with Crippen molar-refractivity contribution >= 4 is 12.2 Å². The molecule has 6 heteroatoms. The summed E-state index contributed by atoms with van der Waals surface area (Å²) in [6.07, 6.45) is 2.23. The van der Waals surface area contributed by atoms with Crippen molar-refractivity contribution in [3.63, 3.8) is 0 Å². The van der Waals surface area contributed by atoms with E-state index in [1.165, 1.54) is 12.3 Å². The predicted octanol–water partition coefficient (Wildman–Crippen LogP) is -0.111. The zero-order valence-electron chi connectivity index (χ0n) is 10.1. The lowest BCUT2D eigenvalue weighted by atomic mass is 10.3. The third kappa shape index (κ3) is 3.41. The highest BCUT2D eigenvalue weighted by atomic mass is 16.5. The molecule has 1 aromatic heterocycles. The highest BCUT2D eigenvalue weighted by molar-refractivity contribution is 5.94. The molecule has 1 saturated heterocycles. The molecule has 2 rings (SSSR count). The number of aromatic amines is 1. The molecule has 0 aromatic carbocycles. The Balaban J connectivity index is 1.72. The summed E-state index contributed by atoms with van der Waals surface area (Å²) in [6, 6.07) is 1.54. The third-order valence-corrected chi connectivity index (χ3v) is 2.90. The number of aromatic nitrogens is 1. The van der Waals surface area contributed by atoms with Crippen LogP contribution in [0.25, 0.3) is 0 Å². The Morgan fingerprint density at radius 2 is 2.28 bits per heavy atom. The van der Waals surface area contributed by atoms with E-state index in [2.05, 4.69) is 15.2 Å². The summed E-state index contributed by atoms with van der Waals surface area (Å²) >= 11 is 0. The molecule has 0 saturated carbocycles. The summed E-state index contributed by atoms with van der Waals surface area (Å²) in [6.45, 7) is 4.74. The highest BCUT2D eigenvalue weighted by Crippen LogP contribution is 2.00. The molecule has 0 unspecified atom stereocenters. The second-order valence-electron chi connectivity index (χ2n) is 4.17. The lowest BCUT2D eigenvalue weighted by Crippen LogP contribution is -2.41. The molecule has 0 aliphatic carbocycles. The molecule has 1 fully saturated rings. The summed E-state index contributed by atoms with van der Waals surface area (Å²) in [5.74, 6) is -0.184. The zero-order chi connectivity index (χ0) is 12.8. The van der Waals surface area contributed by atoms with E-state index in [1.807, 2.05) is 0 Å². The number of amides is 1. The summed E-state index contributed by atoms with van der Waals surface area (Å²) in [7, 11) is 0. The normalized spacial score (nSPS) is 16.4. The Morgan fingerprint density at radius 3 is 2.94 bits per heavy atom. The quantitative estimate of drug-likeness (QED) is 0.716. The van der Waals surface area contributed by atoms with Crippen molar-refractivity contribution in [3.8, 4) is 0 Å². The first-order valence-corrected chi connectivity index (χ1v) is 6.01. The van der Waals surface area contributed by atoms with Gasteiger partial charge in [-0.2, -0.15) is 0 Å². The maximum absolute atomic E-state index is 11.7. The van der Waals surface area contributed by atoms with Crippen LogP contribution in [-0.2, 0) is 4.74 Å². The van der Waals surface area contributed by atoms with Crippen LogP contribution < -0.4 is 5.32 Å². The largest absolute Gasteiger partial charge is 0.379 e. The molecule has 1 aromatic rings. The summed E-state index contributed by atoms with van der Waals surface area (Å²) < 4.78 is 5.24. The van der Waals surface area contributed by atoms with E-state index >= 15 is 0 Å². The summed E-state index contributed by atoms with van der Waals surface area (Å²) in [4.78, 5) is 27.2.